The number of allylic oxidation sites excluding steroid dienone is 1. The standard InChI is InChI=1S/C12H13N2O5P/c15-11-12(16)14-10-8(5-3-6-9(10)13-11)4-1-2-7-20(17,18)19/h2-3,5-7H,1,4H2,(H,13,15)(H,14,16)(H2,17,18,19). The summed E-state index contributed by atoms with van der Waals surface area (Å²) < 4.78 is 10.7. The molecule has 2 aromatic rings. The Morgan fingerprint density at radius 3 is 2.55 bits per heavy atom. The van der Waals surface area contributed by atoms with Crippen LogP contribution in [0.15, 0.2) is 39.7 Å². The van der Waals surface area contributed by atoms with Gasteiger partial charge in [-0.15, -0.1) is 0 Å². The van der Waals surface area contributed by atoms with Crippen LogP contribution in [0.25, 0.3) is 11.0 Å². The van der Waals surface area contributed by atoms with E-state index in [0.717, 1.165) is 11.4 Å². The van der Waals surface area contributed by atoms with E-state index in [-0.39, 0.29) is 0 Å². The zero-order chi connectivity index (χ0) is 14.8. The Morgan fingerprint density at radius 2 is 1.85 bits per heavy atom. The van der Waals surface area contributed by atoms with Crippen LogP contribution in [0.4, 0.5) is 0 Å². The van der Waals surface area contributed by atoms with E-state index in [9.17, 15) is 14.2 Å². The van der Waals surface area contributed by atoms with Gasteiger partial charge in [-0.1, -0.05) is 18.2 Å². The number of fused-ring (bicyclic) bond motifs is 1. The van der Waals surface area contributed by atoms with Gasteiger partial charge in [-0.3, -0.25) is 14.2 Å². The molecule has 1 aromatic carbocycles. The van der Waals surface area contributed by atoms with Gasteiger partial charge >= 0.3 is 18.7 Å². The van der Waals surface area contributed by atoms with Gasteiger partial charge < -0.3 is 19.8 Å². The molecule has 0 bridgehead atoms. The minimum Gasteiger partial charge on any atom is -0.321 e. The highest BCUT2D eigenvalue weighted by Gasteiger charge is 2.06. The fraction of sp³-hybridized carbons (Fsp3) is 0.167. The summed E-state index contributed by atoms with van der Waals surface area (Å²) in [5.74, 6) is 0.850. The van der Waals surface area contributed by atoms with Crippen molar-refractivity contribution < 1.29 is 14.4 Å². The summed E-state index contributed by atoms with van der Waals surface area (Å²) >= 11 is 0. The van der Waals surface area contributed by atoms with Gasteiger partial charge in [-0.25, -0.2) is 0 Å². The van der Waals surface area contributed by atoms with Gasteiger partial charge in [0.25, 0.3) is 0 Å². The van der Waals surface area contributed by atoms with Crippen molar-refractivity contribution in [1.29, 1.82) is 0 Å². The van der Waals surface area contributed by atoms with Crippen LogP contribution >= 0.6 is 7.60 Å². The van der Waals surface area contributed by atoms with E-state index in [1.807, 2.05) is 0 Å². The zero-order valence-corrected chi connectivity index (χ0v) is 11.3. The molecule has 106 valence electrons. The molecule has 20 heavy (non-hydrogen) atoms. The van der Waals surface area contributed by atoms with Crippen molar-refractivity contribution >= 4 is 18.6 Å². The molecule has 1 heterocycles. The Bertz CT molecular complexity index is 814. The second-order valence-corrected chi connectivity index (χ2v) is 5.74. The van der Waals surface area contributed by atoms with Crippen LogP contribution in [-0.4, -0.2) is 19.8 Å². The second-order valence-electron chi connectivity index (χ2n) is 4.26. The molecule has 0 aliphatic heterocycles. The van der Waals surface area contributed by atoms with Crippen molar-refractivity contribution in [3.05, 3.63) is 56.4 Å². The molecule has 0 aliphatic rings. The van der Waals surface area contributed by atoms with Gasteiger partial charge in [0.2, 0.25) is 0 Å². The highest BCUT2D eigenvalue weighted by molar-refractivity contribution is 7.55. The number of aromatic nitrogens is 2. The van der Waals surface area contributed by atoms with Crippen LogP contribution in [-0.2, 0) is 11.0 Å². The third-order valence-electron chi connectivity index (χ3n) is 2.72. The molecule has 7 nitrogen and oxygen atoms in total. The minimum atomic E-state index is -4.14. The molecule has 0 aliphatic carbocycles. The van der Waals surface area contributed by atoms with Gasteiger partial charge in [0.15, 0.2) is 0 Å². The first-order chi connectivity index (χ1) is 9.37. The number of hydrogen-bond acceptors (Lipinski definition) is 3. The summed E-state index contributed by atoms with van der Waals surface area (Å²) in [6.07, 6.45) is 2.28. The van der Waals surface area contributed by atoms with E-state index in [4.69, 9.17) is 9.79 Å². The van der Waals surface area contributed by atoms with E-state index in [0.29, 0.717) is 23.9 Å². The first kappa shape index (κ1) is 14.5. The average Bonchev–Trinajstić information content (AvgIpc) is 2.35. The normalized spacial score (nSPS) is 12.3. The lowest BCUT2D eigenvalue weighted by Gasteiger charge is -2.04. The Morgan fingerprint density at radius 1 is 1.15 bits per heavy atom. The largest absolute Gasteiger partial charge is 0.348 e. The van der Waals surface area contributed by atoms with Crippen molar-refractivity contribution in [1.82, 2.24) is 9.97 Å². The van der Waals surface area contributed by atoms with Crippen molar-refractivity contribution in [3.8, 4) is 0 Å². The van der Waals surface area contributed by atoms with Crippen molar-refractivity contribution in [2.45, 2.75) is 12.8 Å². The molecule has 4 N–H and O–H groups in total. The second kappa shape index (κ2) is 5.58. The molecular weight excluding hydrogens is 283 g/mol. The van der Waals surface area contributed by atoms with Gasteiger partial charge in [-0.2, -0.15) is 0 Å². The van der Waals surface area contributed by atoms with E-state index in [1.54, 1.807) is 18.2 Å². The third kappa shape index (κ3) is 3.54. The molecule has 0 radical (unpaired) electrons. The Labute approximate surface area is 113 Å². The van der Waals surface area contributed by atoms with Crippen molar-refractivity contribution in [3.63, 3.8) is 0 Å². The van der Waals surface area contributed by atoms with Gasteiger partial charge in [0.1, 0.15) is 0 Å². The monoisotopic (exact) mass is 296 g/mol. The predicted octanol–water partition coefficient (Wildman–Crippen LogP) is 0.840. The topological polar surface area (TPSA) is 123 Å². The molecule has 1 aromatic heterocycles. The van der Waals surface area contributed by atoms with Crippen LogP contribution in [0.3, 0.4) is 0 Å². The first-order valence-corrected chi connectivity index (χ1v) is 7.52. The quantitative estimate of drug-likeness (QED) is 0.492. The van der Waals surface area contributed by atoms with Gasteiger partial charge in [-0.05, 0) is 24.5 Å². The number of H-pyrrole nitrogens is 2. The molecular formula is C12H13N2O5P. The summed E-state index contributed by atoms with van der Waals surface area (Å²) in [5, 5.41) is 0. The van der Waals surface area contributed by atoms with Crippen LogP contribution in [0.1, 0.15) is 12.0 Å². The lowest BCUT2D eigenvalue weighted by molar-refractivity contribution is 0.386. The first-order valence-electron chi connectivity index (χ1n) is 5.84. The molecule has 0 saturated carbocycles. The molecule has 0 saturated heterocycles. The Balaban J connectivity index is 2.29. The number of benzene rings is 1. The van der Waals surface area contributed by atoms with Crippen LogP contribution in [0.5, 0.6) is 0 Å². The maximum atomic E-state index is 11.3. The van der Waals surface area contributed by atoms with Crippen molar-refractivity contribution in [2.24, 2.45) is 0 Å². The third-order valence-corrected chi connectivity index (χ3v) is 3.32. The number of aryl methyl sites for hydroxylation is 1. The summed E-state index contributed by atoms with van der Waals surface area (Å²) in [4.78, 5) is 44.9. The van der Waals surface area contributed by atoms with E-state index < -0.39 is 18.7 Å². The smallest absolute Gasteiger partial charge is 0.321 e. The average molecular weight is 296 g/mol. The molecule has 8 heteroatoms. The predicted molar refractivity (Wildman–Crippen MR) is 74.7 cm³/mol. The highest BCUT2D eigenvalue weighted by Crippen LogP contribution is 2.36. The fourth-order valence-electron chi connectivity index (χ4n) is 1.86. The molecule has 0 spiro atoms. The van der Waals surface area contributed by atoms with Crippen LogP contribution in [0.2, 0.25) is 0 Å². The number of rotatable bonds is 4. The van der Waals surface area contributed by atoms with Gasteiger partial charge in [0, 0.05) is 5.82 Å². The molecule has 0 unspecified atom stereocenters. The number of aromatic amines is 2. The zero-order valence-electron chi connectivity index (χ0n) is 10.4. The van der Waals surface area contributed by atoms with E-state index in [1.165, 1.54) is 6.08 Å². The molecule has 0 atom stereocenters. The summed E-state index contributed by atoms with van der Waals surface area (Å²) in [6.45, 7) is 0. The summed E-state index contributed by atoms with van der Waals surface area (Å²) in [7, 11) is -4.14. The Hall–Kier alpha value is -1.95. The molecule has 0 fully saturated rings. The van der Waals surface area contributed by atoms with E-state index in [2.05, 4.69) is 9.97 Å². The van der Waals surface area contributed by atoms with Crippen LogP contribution < -0.4 is 11.1 Å². The lowest BCUT2D eigenvalue weighted by atomic mass is 10.1. The number of nitrogens with one attached hydrogen (secondary N) is 2. The maximum absolute atomic E-state index is 11.3. The Kier molecular flexibility index (Phi) is 4.04. The highest BCUT2D eigenvalue weighted by atomic mass is 31.2. The van der Waals surface area contributed by atoms with Crippen LogP contribution in [0, 0.1) is 0 Å². The summed E-state index contributed by atoms with van der Waals surface area (Å²) in [6, 6.07) is 5.18. The number of hydrogen-bond donors (Lipinski definition) is 4. The maximum Gasteiger partial charge on any atom is 0.348 e. The SMILES string of the molecule is O=c1[nH]c2cccc(CCC=CP(=O)(O)O)c2[nH]c1=O. The summed E-state index contributed by atoms with van der Waals surface area (Å²) in [5.41, 5.74) is 0.394. The van der Waals surface area contributed by atoms with Crippen molar-refractivity contribution in [2.75, 3.05) is 0 Å². The fourth-order valence-corrected chi connectivity index (χ4v) is 2.28. The number of para-hydroxylation sites is 1. The molecule has 0 amide bonds. The molecule has 2 rings (SSSR count). The van der Waals surface area contributed by atoms with Gasteiger partial charge in [0.05, 0.1) is 11.0 Å². The minimum absolute atomic E-state index is 0.408. The lowest BCUT2D eigenvalue weighted by Crippen LogP contribution is -2.29. The van der Waals surface area contributed by atoms with E-state index >= 15 is 0 Å².